The smallest absolute Gasteiger partial charge is 0.0480 e. The van der Waals surface area contributed by atoms with Gasteiger partial charge in [0.1, 0.15) is 0 Å². The maximum Gasteiger partial charge on any atom is 0.0480 e. The summed E-state index contributed by atoms with van der Waals surface area (Å²) < 4.78 is 5.55. The van der Waals surface area contributed by atoms with Crippen molar-refractivity contribution in [2.75, 3.05) is 33.4 Å². The highest BCUT2D eigenvalue weighted by molar-refractivity contribution is 4.96. The first-order valence-electron chi connectivity index (χ1n) is 11.2. The second kappa shape index (κ2) is 8.09. The standard InChI is InChI=1S/C23H44N2O/c1-22(2,3)21-8-7-20(24(21)6)17-23(4,5)18-9-13-25(14-10-18)19-11-15-26-16-12-19/h18-21H,7-17H2,1-6H3. The second-order valence-electron chi connectivity index (χ2n) is 11.1. The molecule has 3 saturated heterocycles. The van der Waals surface area contributed by atoms with Gasteiger partial charge in [-0.05, 0) is 81.8 Å². The Morgan fingerprint density at radius 1 is 0.846 bits per heavy atom. The summed E-state index contributed by atoms with van der Waals surface area (Å²) in [6, 6.07) is 2.32. The highest BCUT2D eigenvalue weighted by Gasteiger charge is 2.42. The predicted molar refractivity (Wildman–Crippen MR) is 111 cm³/mol. The molecule has 3 fully saturated rings. The van der Waals surface area contributed by atoms with E-state index in [-0.39, 0.29) is 0 Å². The Balaban J connectivity index is 1.51. The van der Waals surface area contributed by atoms with Gasteiger partial charge < -0.3 is 9.64 Å². The fourth-order valence-corrected chi connectivity index (χ4v) is 6.17. The molecule has 0 saturated carbocycles. The van der Waals surface area contributed by atoms with Crippen LogP contribution < -0.4 is 0 Å². The molecule has 3 heteroatoms. The summed E-state index contributed by atoms with van der Waals surface area (Å²) in [6.07, 6.45) is 9.42. The lowest BCUT2D eigenvalue weighted by molar-refractivity contribution is 0.00319. The molecule has 3 heterocycles. The molecule has 0 spiro atoms. The van der Waals surface area contributed by atoms with E-state index >= 15 is 0 Å². The van der Waals surface area contributed by atoms with Gasteiger partial charge in [-0.25, -0.2) is 0 Å². The van der Waals surface area contributed by atoms with E-state index in [0.29, 0.717) is 10.8 Å². The summed E-state index contributed by atoms with van der Waals surface area (Å²) >= 11 is 0. The maximum absolute atomic E-state index is 5.55. The van der Waals surface area contributed by atoms with Crippen LogP contribution in [0.15, 0.2) is 0 Å². The summed E-state index contributed by atoms with van der Waals surface area (Å²) in [4.78, 5) is 5.49. The highest BCUT2D eigenvalue weighted by atomic mass is 16.5. The summed E-state index contributed by atoms with van der Waals surface area (Å²) in [5, 5.41) is 0. The number of hydrogen-bond donors (Lipinski definition) is 0. The zero-order chi connectivity index (χ0) is 18.9. The van der Waals surface area contributed by atoms with Gasteiger partial charge in [-0.15, -0.1) is 0 Å². The van der Waals surface area contributed by atoms with Crippen molar-refractivity contribution in [3.05, 3.63) is 0 Å². The van der Waals surface area contributed by atoms with E-state index < -0.39 is 0 Å². The Kier molecular flexibility index (Phi) is 6.41. The van der Waals surface area contributed by atoms with E-state index in [4.69, 9.17) is 4.74 Å². The Morgan fingerprint density at radius 3 is 2.00 bits per heavy atom. The van der Waals surface area contributed by atoms with Crippen LogP contribution in [0.3, 0.4) is 0 Å². The van der Waals surface area contributed by atoms with Gasteiger partial charge in [-0.3, -0.25) is 4.90 Å². The minimum absolute atomic E-state index is 0.405. The number of nitrogens with zero attached hydrogens (tertiary/aromatic N) is 2. The van der Waals surface area contributed by atoms with Crippen molar-refractivity contribution in [2.45, 2.75) is 97.7 Å². The van der Waals surface area contributed by atoms with Crippen LogP contribution in [0, 0.1) is 16.7 Å². The molecule has 0 amide bonds. The van der Waals surface area contributed by atoms with E-state index in [1.807, 2.05) is 0 Å². The number of likely N-dealkylation sites (tertiary alicyclic amines) is 2. The fourth-order valence-electron chi connectivity index (χ4n) is 6.17. The van der Waals surface area contributed by atoms with E-state index in [1.165, 1.54) is 58.0 Å². The van der Waals surface area contributed by atoms with Crippen LogP contribution in [-0.2, 0) is 4.74 Å². The second-order valence-corrected chi connectivity index (χ2v) is 11.1. The third-order valence-electron chi connectivity index (χ3n) is 7.94. The Bertz CT molecular complexity index is 442. The summed E-state index contributed by atoms with van der Waals surface area (Å²) in [5.41, 5.74) is 0.871. The van der Waals surface area contributed by atoms with E-state index in [2.05, 4.69) is 51.5 Å². The molecule has 0 aromatic heterocycles. The van der Waals surface area contributed by atoms with Crippen molar-refractivity contribution in [2.24, 2.45) is 16.7 Å². The molecule has 0 aromatic carbocycles. The molecule has 3 nitrogen and oxygen atoms in total. The minimum Gasteiger partial charge on any atom is -0.381 e. The van der Waals surface area contributed by atoms with Crippen LogP contribution in [0.2, 0.25) is 0 Å². The first-order chi connectivity index (χ1) is 12.2. The van der Waals surface area contributed by atoms with Gasteiger partial charge in [-0.2, -0.15) is 0 Å². The Hall–Kier alpha value is -0.120. The van der Waals surface area contributed by atoms with Gasteiger partial charge in [-0.1, -0.05) is 34.6 Å². The van der Waals surface area contributed by atoms with E-state index in [1.54, 1.807) is 0 Å². The molecule has 3 rings (SSSR count). The number of hydrogen-bond acceptors (Lipinski definition) is 3. The van der Waals surface area contributed by atoms with Crippen LogP contribution in [0.5, 0.6) is 0 Å². The van der Waals surface area contributed by atoms with Gasteiger partial charge in [0.05, 0.1) is 0 Å². The van der Waals surface area contributed by atoms with Gasteiger partial charge in [0.2, 0.25) is 0 Å². The first-order valence-corrected chi connectivity index (χ1v) is 11.2. The first kappa shape index (κ1) is 20.6. The van der Waals surface area contributed by atoms with Crippen molar-refractivity contribution in [1.29, 1.82) is 0 Å². The van der Waals surface area contributed by atoms with Crippen LogP contribution in [-0.4, -0.2) is 61.3 Å². The Labute approximate surface area is 162 Å². The van der Waals surface area contributed by atoms with E-state index in [9.17, 15) is 0 Å². The summed E-state index contributed by atoms with van der Waals surface area (Å²) in [6.45, 7) is 16.9. The number of rotatable bonds is 4. The molecule has 26 heavy (non-hydrogen) atoms. The number of ether oxygens (including phenoxy) is 1. The van der Waals surface area contributed by atoms with Crippen LogP contribution in [0.25, 0.3) is 0 Å². The third-order valence-corrected chi connectivity index (χ3v) is 7.94. The maximum atomic E-state index is 5.55. The molecule has 3 aliphatic rings. The third kappa shape index (κ3) is 4.64. The Morgan fingerprint density at radius 2 is 1.46 bits per heavy atom. The van der Waals surface area contributed by atoms with Crippen molar-refractivity contribution >= 4 is 0 Å². The van der Waals surface area contributed by atoms with Crippen molar-refractivity contribution in [3.63, 3.8) is 0 Å². The average molecular weight is 365 g/mol. The van der Waals surface area contributed by atoms with Crippen molar-refractivity contribution < 1.29 is 4.74 Å². The van der Waals surface area contributed by atoms with Crippen molar-refractivity contribution in [1.82, 2.24) is 9.80 Å². The molecule has 0 bridgehead atoms. The van der Waals surface area contributed by atoms with Gasteiger partial charge in [0.25, 0.3) is 0 Å². The lowest BCUT2D eigenvalue weighted by Gasteiger charge is -2.45. The van der Waals surface area contributed by atoms with Gasteiger partial charge in [0, 0.05) is 31.3 Å². The van der Waals surface area contributed by atoms with Gasteiger partial charge >= 0.3 is 0 Å². The molecule has 152 valence electrons. The highest BCUT2D eigenvalue weighted by Crippen LogP contribution is 2.44. The predicted octanol–water partition coefficient (Wildman–Crippen LogP) is 4.80. The molecule has 0 N–H and O–H groups in total. The fraction of sp³-hybridized carbons (Fsp3) is 1.00. The normalized spacial score (nSPS) is 31.6. The quantitative estimate of drug-likeness (QED) is 0.712. The molecular formula is C23H44N2O. The number of piperidine rings is 1. The summed E-state index contributed by atoms with van der Waals surface area (Å²) in [5.74, 6) is 0.890. The van der Waals surface area contributed by atoms with Crippen LogP contribution >= 0.6 is 0 Å². The molecule has 2 atom stereocenters. The lowest BCUT2D eigenvalue weighted by atomic mass is 9.69. The zero-order valence-electron chi connectivity index (χ0n) is 18.4. The molecule has 0 aliphatic carbocycles. The van der Waals surface area contributed by atoms with Crippen LogP contribution in [0.1, 0.15) is 79.6 Å². The molecule has 3 aliphatic heterocycles. The molecule has 0 radical (unpaired) electrons. The monoisotopic (exact) mass is 364 g/mol. The lowest BCUT2D eigenvalue weighted by Crippen LogP contribution is -2.47. The molecule has 2 unspecified atom stereocenters. The topological polar surface area (TPSA) is 15.7 Å². The minimum atomic E-state index is 0.405. The van der Waals surface area contributed by atoms with E-state index in [0.717, 1.165) is 37.3 Å². The average Bonchev–Trinajstić information content (AvgIpc) is 2.96. The largest absolute Gasteiger partial charge is 0.381 e. The van der Waals surface area contributed by atoms with Crippen LogP contribution in [0.4, 0.5) is 0 Å². The molecular weight excluding hydrogens is 320 g/mol. The van der Waals surface area contributed by atoms with Gasteiger partial charge in [0.15, 0.2) is 0 Å². The molecule has 0 aromatic rings. The zero-order valence-corrected chi connectivity index (χ0v) is 18.4. The van der Waals surface area contributed by atoms with Crippen molar-refractivity contribution in [3.8, 4) is 0 Å². The summed E-state index contributed by atoms with van der Waals surface area (Å²) in [7, 11) is 2.39. The SMILES string of the molecule is CN1C(CC(C)(C)C2CCN(C3CCOCC3)CC2)CCC1C(C)(C)C.